The molecule has 1 aliphatic rings. The monoisotopic (exact) mass is 169 g/mol. The quantitative estimate of drug-likeness (QED) is 0.584. The molecule has 0 saturated heterocycles. The molecule has 1 aliphatic heterocycles. The molecule has 2 heterocycles. The molecule has 58 valence electrons. The molecule has 0 aliphatic carbocycles. The van der Waals surface area contributed by atoms with Gasteiger partial charge in [0.1, 0.15) is 11.5 Å². The van der Waals surface area contributed by atoms with Gasteiger partial charge in [-0.3, -0.25) is 0 Å². The van der Waals surface area contributed by atoms with Gasteiger partial charge in [0, 0.05) is 25.1 Å². The number of hydrogen-bond donors (Lipinski definition) is 1. The minimum Gasteiger partial charge on any atom is -0.312 e. The van der Waals surface area contributed by atoms with Crippen LogP contribution in [0.2, 0.25) is 5.15 Å². The van der Waals surface area contributed by atoms with Gasteiger partial charge in [0.25, 0.3) is 0 Å². The first-order valence-corrected chi connectivity index (χ1v) is 3.94. The van der Waals surface area contributed by atoms with E-state index in [0.29, 0.717) is 5.15 Å². The molecule has 2 rings (SSSR count). The minimum atomic E-state index is 0.585. The summed E-state index contributed by atoms with van der Waals surface area (Å²) >= 11 is 5.85. The van der Waals surface area contributed by atoms with Crippen molar-refractivity contribution in [1.29, 1.82) is 0 Å². The van der Waals surface area contributed by atoms with Crippen molar-refractivity contribution in [1.82, 2.24) is 15.3 Å². The molecular formula is C7H8ClN3. The fourth-order valence-corrected chi connectivity index (χ4v) is 1.45. The zero-order chi connectivity index (χ0) is 7.68. The third-order valence-electron chi connectivity index (χ3n) is 1.82. The third kappa shape index (κ3) is 1.21. The molecule has 0 unspecified atom stereocenters. The molecular weight excluding hydrogens is 162 g/mol. The van der Waals surface area contributed by atoms with Crippen LogP contribution in [0.15, 0.2) is 6.33 Å². The van der Waals surface area contributed by atoms with Crippen molar-refractivity contribution < 1.29 is 0 Å². The van der Waals surface area contributed by atoms with Crippen LogP contribution >= 0.6 is 11.6 Å². The molecule has 11 heavy (non-hydrogen) atoms. The molecule has 0 amide bonds. The van der Waals surface area contributed by atoms with Gasteiger partial charge in [-0.15, -0.1) is 0 Å². The Morgan fingerprint density at radius 1 is 1.45 bits per heavy atom. The van der Waals surface area contributed by atoms with Crippen LogP contribution in [0.5, 0.6) is 0 Å². The zero-order valence-corrected chi connectivity index (χ0v) is 6.73. The molecule has 3 nitrogen and oxygen atoms in total. The van der Waals surface area contributed by atoms with E-state index >= 15 is 0 Å². The molecule has 0 atom stereocenters. The van der Waals surface area contributed by atoms with Gasteiger partial charge >= 0.3 is 0 Å². The van der Waals surface area contributed by atoms with Crippen LogP contribution in [0.3, 0.4) is 0 Å². The Morgan fingerprint density at radius 2 is 2.36 bits per heavy atom. The van der Waals surface area contributed by atoms with Crippen molar-refractivity contribution in [2.24, 2.45) is 0 Å². The lowest BCUT2D eigenvalue weighted by Crippen LogP contribution is -2.25. The average Bonchev–Trinajstić information content (AvgIpc) is 2.06. The second kappa shape index (κ2) is 2.75. The van der Waals surface area contributed by atoms with E-state index in [1.807, 2.05) is 0 Å². The van der Waals surface area contributed by atoms with E-state index in [-0.39, 0.29) is 0 Å². The highest BCUT2D eigenvalue weighted by molar-refractivity contribution is 6.30. The highest BCUT2D eigenvalue weighted by atomic mass is 35.5. The molecule has 4 heteroatoms. The van der Waals surface area contributed by atoms with Crippen molar-refractivity contribution in [3.63, 3.8) is 0 Å². The molecule has 1 aromatic rings. The Kier molecular flexibility index (Phi) is 1.75. The Labute approximate surface area is 69.8 Å². The number of halogens is 1. The lowest BCUT2D eigenvalue weighted by Gasteiger charge is -2.15. The average molecular weight is 170 g/mol. The Bertz CT molecular complexity index is 274. The van der Waals surface area contributed by atoms with Crippen LogP contribution in [0.1, 0.15) is 11.3 Å². The maximum absolute atomic E-state index is 5.85. The van der Waals surface area contributed by atoms with Crippen molar-refractivity contribution >= 4 is 11.6 Å². The molecule has 1 N–H and O–H groups in total. The first-order valence-electron chi connectivity index (χ1n) is 3.57. The second-order valence-corrected chi connectivity index (χ2v) is 2.87. The standard InChI is InChI=1S/C7H8ClN3/c8-7-5-3-9-2-1-6(5)10-4-11-7/h4,9H,1-3H2. The predicted molar refractivity (Wildman–Crippen MR) is 42.5 cm³/mol. The van der Waals surface area contributed by atoms with Crippen LogP contribution in [-0.2, 0) is 13.0 Å². The normalized spacial score (nSPS) is 16.1. The van der Waals surface area contributed by atoms with Gasteiger partial charge in [-0.25, -0.2) is 9.97 Å². The second-order valence-electron chi connectivity index (χ2n) is 2.52. The largest absolute Gasteiger partial charge is 0.312 e. The lowest BCUT2D eigenvalue weighted by molar-refractivity contribution is 0.626. The highest BCUT2D eigenvalue weighted by Gasteiger charge is 2.12. The third-order valence-corrected chi connectivity index (χ3v) is 2.15. The van der Waals surface area contributed by atoms with Crippen molar-refractivity contribution in [2.75, 3.05) is 6.54 Å². The van der Waals surface area contributed by atoms with Crippen molar-refractivity contribution in [3.05, 3.63) is 22.7 Å². The van der Waals surface area contributed by atoms with Gasteiger partial charge in [-0.2, -0.15) is 0 Å². The fourth-order valence-electron chi connectivity index (χ4n) is 1.23. The molecule has 1 aromatic heterocycles. The van der Waals surface area contributed by atoms with Gasteiger partial charge in [0.05, 0.1) is 5.69 Å². The summed E-state index contributed by atoms with van der Waals surface area (Å²) in [6.07, 6.45) is 2.48. The smallest absolute Gasteiger partial charge is 0.137 e. The molecule has 0 bridgehead atoms. The van der Waals surface area contributed by atoms with Gasteiger partial charge in [0.2, 0.25) is 0 Å². The number of fused-ring (bicyclic) bond motifs is 1. The van der Waals surface area contributed by atoms with Gasteiger partial charge in [-0.05, 0) is 0 Å². The van der Waals surface area contributed by atoms with Crippen LogP contribution in [0.25, 0.3) is 0 Å². The number of nitrogens with zero attached hydrogens (tertiary/aromatic N) is 2. The van der Waals surface area contributed by atoms with E-state index in [1.54, 1.807) is 0 Å². The Hall–Kier alpha value is -0.670. The number of aromatic nitrogens is 2. The zero-order valence-electron chi connectivity index (χ0n) is 5.97. The summed E-state index contributed by atoms with van der Waals surface area (Å²) in [4.78, 5) is 8.05. The molecule has 0 aromatic carbocycles. The maximum Gasteiger partial charge on any atom is 0.137 e. The van der Waals surface area contributed by atoms with Crippen LogP contribution in [0, 0.1) is 0 Å². The minimum absolute atomic E-state index is 0.585. The molecule has 0 fully saturated rings. The Morgan fingerprint density at radius 3 is 3.18 bits per heavy atom. The summed E-state index contributed by atoms with van der Waals surface area (Å²) in [7, 11) is 0. The van der Waals surface area contributed by atoms with E-state index in [4.69, 9.17) is 11.6 Å². The summed E-state index contributed by atoms with van der Waals surface area (Å²) in [6.45, 7) is 1.79. The van der Waals surface area contributed by atoms with E-state index in [9.17, 15) is 0 Å². The summed E-state index contributed by atoms with van der Waals surface area (Å²) in [5, 5.41) is 3.80. The number of hydrogen-bond acceptors (Lipinski definition) is 3. The summed E-state index contributed by atoms with van der Waals surface area (Å²) in [5.74, 6) is 0. The van der Waals surface area contributed by atoms with E-state index in [1.165, 1.54) is 6.33 Å². The highest BCUT2D eigenvalue weighted by Crippen LogP contribution is 2.17. The van der Waals surface area contributed by atoms with Gasteiger partial charge in [0.15, 0.2) is 0 Å². The first-order chi connectivity index (χ1) is 5.38. The topological polar surface area (TPSA) is 37.8 Å². The molecule has 0 radical (unpaired) electrons. The maximum atomic E-state index is 5.85. The van der Waals surface area contributed by atoms with Crippen molar-refractivity contribution in [3.8, 4) is 0 Å². The SMILES string of the molecule is Clc1ncnc2c1CNCC2. The molecule has 0 spiro atoms. The molecule has 0 saturated carbocycles. The lowest BCUT2D eigenvalue weighted by atomic mass is 10.1. The Balaban J connectivity index is 2.49. The van der Waals surface area contributed by atoms with Gasteiger partial charge < -0.3 is 5.32 Å². The summed E-state index contributed by atoms with van der Waals surface area (Å²) < 4.78 is 0. The predicted octanol–water partition coefficient (Wildman–Crippen LogP) is 0.776. The summed E-state index contributed by atoms with van der Waals surface area (Å²) in [5.41, 5.74) is 2.14. The van der Waals surface area contributed by atoms with Gasteiger partial charge in [-0.1, -0.05) is 11.6 Å². The number of nitrogens with one attached hydrogen (secondary N) is 1. The van der Waals surface area contributed by atoms with E-state index in [2.05, 4.69) is 15.3 Å². The first kappa shape index (κ1) is 7.00. The van der Waals surface area contributed by atoms with Crippen LogP contribution in [0.4, 0.5) is 0 Å². The van der Waals surface area contributed by atoms with Crippen LogP contribution < -0.4 is 5.32 Å². The fraction of sp³-hybridized carbons (Fsp3) is 0.429. The summed E-state index contributed by atoms with van der Waals surface area (Å²) in [6, 6.07) is 0. The number of rotatable bonds is 0. The van der Waals surface area contributed by atoms with E-state index < -0.39 is 0 Å². The van der Waals surface area contributed by atoms with E-state index in [0.717, 1.165) is 30.8 Å². The van der Waals surface area contributed by atoms with Crippen LogP contribution in [-0.4, -0.2) is 16.5 Å². The van der Waals surface area contributed by atoms with Crippen molar-refractivity contribution in [2.45, 2.75) is 13.0 Å².